The number of hydrogen-bond donors (Lipinski definition) is 0. The second-order valence-corrected chi connectivity index (χ2v) is 6.07. The summed E-state index contributed by atoms with van der Waals surface area (Å²) in [5, 5.41) is 16.1. The number of hydrazone groups is 1. The number of carbonyl (C=O) groups excluding carboxylic acids is 1. The van der Waals surface area contributed by atoms with Crippen molar-refractivity contribution < 1.29 is 9.53 Å². The third-order valence-corrected chi connectivity index (χ3v) is 4.24. The molecule has 1 aliphatic heterocycles. The van der Waals surface area contributed by atoms with Gasteiger partial charge in [0.25, 0.3) is 0 Å². The minimum atomic E-state index is -0.586. The lowest BCUT2D eigenvalue weighted by molar-refractivity contribution is -0.111. The van der Waals surface area contributed by atoms with Gasteiger partial charge in [-0.2, -0.15) is 15.4 Å². The van der Waals surface area contributed by atoms with Crippen LogP contribution in [-0.2, 0) is 9.53 Å². The second-order valence-electron chi connectivity index (χ2n) is 6.07. The molecule has 1 atom stereocenters. The van der Waals surface area contributed by atoms with Crippen LogP contribution in [0, 0.1) is 11.3 Å². The Morgan fingerprint density at radius 3 is 2.43 bits per heavy atom. The number of nitriles is 1. The van der Waals surface area contributed by atoms with E-state index in [4.69, 9.17) is 4.74 Å². The van der Waals surface area contributed by atoms with E-state index in [0.717, 1.165) is 5.56 Å². The number of hydrogen-bond acceptors (Lipinski definition) is 6. The van der Waals surface area contributed by atoms with E-state index in [1.54, 1.807) is 0 Å². The SMILES string of the molecule is CCO/C=N/C1=C(C#N)C(c2ccccc2)C(C(C)=O)=NN1c1ccccc1. The molecular weight excluding hydrogens is 352 g/mol. The summed E-state index contributed by atoms with van der Waals surface area (Å²) in [6, 6.07) is 20.9. The molecule has 1 unspecified atom stereocenters. The van der Waals surface area contributed by atoms with Gasteiger partial charge >= 0.3 is 0 Å². The Hall–Kier alpha value is -3.72. The summed E-state index contributed by atoms with van der Waals surface area (Å²) in [5.41, 5.74) is 2.14. The molecule has 6 heteroatoms. The number of aliphatic imine (C=N–C) groups is 1. The zero-order valence-electron chi connectivity index (χ0n) is 15.7. The minimum Gasteiger partial charge on any atom is -0.483 e. The average molecular weight is 372 g/mol. The van der Waals surface area contributed by atoms with E-state index in [2.05, 4.69) is 16.2 Å². The predicted molar refractivity (Wildman–Crippen MR) is 109 cm³/mol. The molecule has 0 saturated heterocycles. The van der Waals surface area contributed by atoms with E-state index in [0.29, 0.717) is 29.4 Å². The fourth-order valence-corrected chi connectivity index (χ4v) is 2.99. The molecule has 1 aliphatic rings. The van der Waals surface area contributed by atoms with Crippen LogP contribution in [0.1, 0.15) is 25.3 Å². The fourth-order valence-electron chi connectivity index (χ4n) is 2.99. The van der Waals surface area contributed by atoms with Gasteiger partial charge in [-0.05, 0) is 24.6 Å². The number of anilines is 1. The quantitative estimate of drug-likeness (QED) is 0.566. The van der Waals surface area contributed by atoms with Crippen LogP contribution in [0.4, 0.5) is 5.69 Å². The summed E-state index contributed by atoms with van der Waals surface area (Å²) >= 11 is 0. The third kappa shape index (κ3) is 3.84. The highest BCUT2D eigenvalue weighted by molar-refractivity contribution is 6.42. The van der Waals surface area contributed by atoms with Crippen molar-refractivity contribution >= 4 is 23.6 Å². The van der Waals surface area contributed by atoms with E-state index >= 15 is 0 Å². The molecule has 0 N–H and O–H groups in total. The van der Waals surface area contributed by atoms with Crippen molar-refractivity contribution in [3.63, 3.8) is 0 Å². The van der Waals surface area contributed by atoms with Gasteiger partial charge in [0.1, 0.15) is 5.71 Å². The molecule has 140 valence electrons. The van der Waals surface area contributed by atoms with Crippen LogP contribution in [0.5, 0.6) is 0 Å². The van der Waals surface area contributed by atoms with Gasteiger partial charge in [-0.3, -0.25) is 4.79 Å². The van der Waals surface area contributed by atoms with Gasteiger partial charge in [-0.25, -0.2) is 5.01 Å². The molecule has 0 saturated carbocycles. The molecule has 0 aromatic heterocycles. The smallest absolute Gasteiger partial charge is 0.176 e. The predicted octanol–water partition coefficient (Wildman–Crippen LogP) is 4.04. The van der Waals surface area contributed by atoms with Gasteiger partial charge < -0.3 is 4.74 Å². The lowest BCUT2D eigenvalue weighted by atomic mass is 9.84. The first-order chi connectivity index (χ1) is 13.7. The maximum absolute atomic E-state index is 12.4. The lowest BCUT2D eigenvalue weighted by Gasteiger charge is -2.30. The number of nitrogens with zero attached hydrogens (tertiary/aromatic N) is 4. The molecule has 2 aromatic carbocycles. The van der Waals surface area contributed by atoms with Crippen LogP contribution < -0.4 is 5.01 Å². The Labute approximate surface area is 164 Å². The maximum Gasteiger partial charge on any atom is 0.176 e. The van der Waals surface area contributed by atoms with E-state index in [1.807, 2.05) is 67.6 Å². The normalized spacial score (nSPS) is 16.7. The Morgan fingerprint density at radius 2 is 1.86 bits per heavy atom. The van der Waals surface area contributed by atoms with Crippen molar-refractivity contribution in [3.05, 3.63) is 77.6 Å². The molecule has 0 aliphatic carbocycles. The molecule has 0 spiro atoms. The average Bonchev–Trinajstić information content (AvgIpc) is 2.74. The summed E-state index contributed by atoms with van der Waals surface area (Å²) in [4.78, 5) is 16.8. The summed E-state index contributed by atoms with van der Waals surface area (Å²) in [6.07, 6.45) is 1.30. The number of carbonyl (C=O) groups is 1. The van der Waals surface area contributed by atoms with Gasteiger partial charge in [0.15, 0.2) is 18.0 Å². The highest BCUT2D eigenvalue weighted by atomic mass is 16.5. The number of benzene rings is 2. The van der Waals surface area contributed by atoms with E-state index in [-0.39, 0.29) is 5.78 Å². The largest absolute Gasteiger partial charge is 0.483 e. The van der Waals surface area contributed by atoms with Crippen molar-refractivity contribution in [2.45, 2.75) is 19.8 Å². The van der Waals surface area contributed by atoms with Crippen LogP contribution >= 0.6 is 0 Å². The van der Waals surface area contributed by atoms with Gasteiger partial charge in [-0.15, -0.1) is 0 Å². The molecule has 1 heterocycles. The second kappa shape index (κ2) is 8.78. The Balaban J connectivity index is 2.23. The molecule has 6 nitrogen and oxygen atoms in total. The van der Waals surface area contributed by atoms with Crippen molar-refractivity contribution in [1.82, 2.24) is 0 Å². The van der Waals surface area contributed by atoms with E-state index in [9.17, 15) is 10.1 Å². The van der Waals surface area contributed by atoms with Crippen LogP contribution in [0.3, 0.4) is 0 Å². The zero-order valence-corrected chi connectivity index (χ0v) is 15.7. The Bertz CT molecular complexity index is 973. The molecule has 3 rings (SSSR count). The van der Waals surface area contributed by atoms with E-state index in [1.165, 1.54) is 18.3 Å². The molecule has 0 radical (unpaired) electrons. The molecule has 28 heavy (non-hydrogen) atoms. The first-order valence-electron chi connectivity index (χ1n) is 8.95. The van der Waals surface area contributed by atoms with Gasteiger partial charge in [0.2, 0.25) is 0 Å². The standard InChI is InChI=1S/C22H20N4O2/c1-3-28-15-24-22-19(14-23)20(17-10-6-4-7-11-17)21(16(2)27)25-26(22)18-12-8-5-9-13-18/h4-13,15,20H,3H2,1-2H3/b24-15+. The van der Waals surface area contributed by atoms with Gasteiger partial charge in [-0.1, -0.05) is 48.5 Å². The number of ketones is 1. The van der Waals surface area contributed by atoms with Crippen molar-refractivity contribution in [1.29, 1.82) is 5.26 Å². The van der Waals surface area contributed by atoms with Crippen LogP contribution in [-0.4, -0.2) is 24.5 Å². The summed E-state index contributed by atoms with van der Waals surface area (Å²) in [6.45, 7) is 3.76. The summed E-state index contributed by atoms with van der Waals surface area (Å²) in [5.74, 6) is -0.450. The van der Waals surface area contributed by atoms with Gasteiger partial charge in [0, 0.05) is 6.92 Å². The van der Waals surface area contributed by atoms with E-state index < -0.39 is 5.92 Å². The Morgan fingerprint density at radius 1 is 1.21 bits per heavy atom. The molecule has 0 amide bonds. The number of para-hydroxylation sites is 1. The first kappa shape index (κ1) is 19.1. The van der Waals surface area contributed by atoms with Crippen molar-refractivity contribution in [2.75, 3.05) is 11.6 Å². The van der Waals surface area contributed by atoms with Crippen molar-refractivity contribution in [2.24, 2.45) is 10.1 Å². The van der Waals surface area contributed by atoms with Gasteiger partial charge in [0.05, 0.1) is 29.9 Å². The summed E-state index contributed by atoms with van der Waals surface area (Å²) < 4.78 is 5.25. The third-order valence-electron chi connectivity index (χ3n) is 4.24. The molecule has 0 fully saturated rings. The number of Topliss-reactive ketones (excluding diaryl/α,β-unsaturated/α-hetero) is 1. The highest BCUT2D eigenvalue weighted by Crippen LogP contribution is 2.36. The fraction of sp³-hybridized carbons (Fsp3) is 0.182. The Kier molecular flexibility index (Phi) is 5.97. The number of ether oxygens (including phenoxy) is 1. The molecular formula is C22H20N4O2. The number of rotatable bonds is 6. The lowest BCUT2D eigenvalue weighted by Crippen LogP contribution is -2.33. The molecule has 0 bridgehead atoms. The summed E-state index contributed by atoms with van der Waals surface area (Å²) in [7, 11) is 0. The van der Waals surface area contributed by atoms with Crippen LogP contribution in [0.15, 0.2) is 82.2 Å². The van der Waals surface area contributed by atoms with Crippen molar-refractivity contribution in [3.8, 4) is 6.07 Å². The molecule has 2 aromatic rings. The monoisotopic (exact) mass is 372 g/mol. The maximum atomic E-state index is 12.4. The minimum absolute atomic E-state index is 0.199. The van der Waals surface area contributed by atoms with Crippen LogP contribution in [0.25, 0.3) is 0 Å². The highest BCUT2D eigenvalue weighted by Gasteiger charge is 2.35. The topological polar surface area (TPSA) is 78.0 Å². The number of allylic oxidation sites excluding steroid dienone is 1. The zero-order chi connectivity index (χ0) is 19.9. The first-order valence-corrected chi connectivity index (χ1v) is 8.95. The van der Waals surface area contributed by atoms with Crippen LogP contribution in [0.2, 0.25) is 0 Å².